The quantitative estimate of drug-likeness (QED) is 0.849. The molecule has 1 aromatic carbocycles. The number of likely N-dealkylation sites (N-methyl/N-ethyl adjacent to an activating group) is 2. The van der Waals surface area contributed by atoms with Gasteiger partial charge in [-0.05, 0) is 7.05 Å². The molecule has 1 aliphatic heterocycles. The van der Waals surface area contributed by atoms with Gasteiger partial charge in [0.15, 0.2) is 5.82 Å². The number of anilines is 1. The van der Waals surface area contributed by atoms with Gasteiger partial charge in [-0.15, -0.1) is 0 Å². The largest absolute Gasteiger partial charge is 0.390 e. The van der Waals surface area contributed by atoms with E-state index in [1.165, 1.54) is 11.5 Å². The number of hydrogen-bond acceptors (Lipinski definition) is 7. The van der Waals surface area contributed by atoms with Gasteiger partial charge in [0.25, 0.3) is 0 Å². The van der Waals surface area contributed by atoms with Gasteiger partial charge in [0, 0.05) is 63.4 Å². The van der Waals surface area contributed by atoms with Gasteiger partial charge in [0.05, 0.1) is 6.10 Å². The summed E-state index contributed by atoms with van der Waals surface area (Å²) in [6, 6.07) is 9.97. The summed E-state index contributed by atoms with van der Waals surface area (Å²) in [7, 11) is 4.10. The summed E-state index contributed by atoms with van der Waals surface area (Å²) in [5, 5.41) is 11.2. The summed E-state index contributed by atoms with van der Waals surface area (Å²) in [6.45, 7) is 5.46. The van der Waals surface area contributed by atoms with Crippen LogP contribution in [0.4, 0.5) is 5.13 Å². The molecular formula is C17H25N5OS. The number of benzene rings is 1. The van der Waals surface area contributed by atoms with Crippen molar-refractivity contribution in [3.8, 4) is 11.4 Å². The third-order valence-electron chi connectivity index (χ3n) is 4.32. The van der Waals surface area contributed by atoms with Crippen molar-refractivity contribution in [1.29, 1.82) is 0 Å². The van der Waals surface area contributed by atoms with Gasteiger partial charge in [-0.25, -0.2) is 0 Å². The van der Waals surface area contributed by atoms with Crippen molar-refractivity contribution in [3.63, 3.8) is 0 Å². The summed E-state index contributed by atoms with van der Waals surface area (Å²) in [5.41, 5.74) is 1.02. The molecule has 0 radical (unpaired) electrons. The minimum absolute atomic E-state index is 0.387. The Kier molecular flexibility index (Phi) is 5.78. The lowest BCUT2D eigenvalue weighted by atomic mass is 10.2. The summed E-state index contributed by atoms with van der Waals surface area (Å²) in [6.07, 6.45) is -0.387. The SMILES string of the molecule is CN1CCN(C[C@@H](O)CN(C)c2nc(-c3ccccc3)ns2)CC1. The molecule has 2 heterocycles. The predicted octanol–water partition coefficient (Wildman–Crippen LogP) is 1.25. The molecule has 0 bridgehead atoms. The average Bonchev–Trinajstić information content (AvgIpc) is 3.08. The summed E-state index contributed by atoms with van der Waals surface area (Å²) >= 11 is 1.37. The minimum Gasteiger partial charge on any atom is -0.390 e. The van der Waals surface area contributed by atoms with Crippen LogP contribution in [0.2, 0.25) is 0 Å². The van der Waals surface area contributed by atoms with Crippen LogP contribution in [-0.4, -0.2) is 83.7 Å². The Bertz CT molecular complexity index is 627. The fourth-order valence-electron chi connectivity index (χ4n) is 2.86. The van der Waals surface area contributed by atoms with Gasteiger partial charge in [-0.1, -0.05) is 30.3 Å². The molecular weight excluding hydrogens is 322 g/mol. The molecule has 0 saturated carbocycles. The van der Waals surface area contributed by atoms with Gasteiger partial charge in [-0.3, -0.25) is 4.90 Å². The van der Waals surface area contributed by atoms with Crippen LogP contribution in [0.25, 0.3) is 11.4 Å². The second kappa shape index (κ2) is 8.02. The molecule has 1 aliphatic rings. The highest BCUT2D eigenvalue weighted by atomic mass is 32.1. The molecule has 1 aromatic heterocycles. The van der Waals surface area contributed by atoms with Crippen molar-refractivity contribution >= 4 is 16.7 Å². The van der Waals surface area contributed by atoms with Crippen molar-refractivity contribution in [1.82, 2.24) is 19.2 Å². The van der Waals surface area contributed by atoms with E-state index in [-0.39, 0.29) is 6.10 Å². The molecule has 24 heavy (non-hydrogen) atoms. The Labute approximate surface area is 147 Å². The first kappa shape index (κ1) is 17.3. The van der Waals surface area contributed by atoms with Crippen LogP contribution in [0.3, 0.4) is 0 Å². The van der Waals surface area contributed by atoms with Gasteiger partial charge < -0.3 is 14.9 Å². The third kappa shape index (κ3) is 4.51. The monoisotopic (exact) mass is 347 g/mol. The number of hydrogen-bond donors (Lipinski definition) is 1. The second-order valence-corrected chi connectivity index (χ2v) is 7.14. The maximum atomic E-state index is 10.4. The number of nitrogens with zero attached hydrogens (tertiary/aromatic N) is 5. The first-order chi connectivity index (χ1) is 11.6. The number of aliphatic hydroxyl groups is 1. The molecule has 0 amide bonds. The molecule has 6 nitrogen and oxygen atoms in total. The van der Waals surface area contributed by atoms with Crippen LogP contribution in [0.5, 0.6) is 0 Å². The molecule has 1 atom stereocenters. The molecule has 3 rings (SSSR count). The average molecular weight is 347 g/mol. The Morgan fingerprint density at radius 1 is 1.21 bits per heavy atom. The normalized spacial score (nSPS) is 17.8. The van der Waals surface area contributed by atoms with E-state index in [2.05, 4.69) is 26.2 Å². The van der Waals surface area contributed by atoms with E-state index in [0.29, 0.717) is 13.1 Å². The highest BCUT2D eigenvalue weighted by Crippen LogP contribution is 2.23. The van der Waals surface area contributed by atoms with Crippen LogP contribution >= 0.6 is 11.5 Å². The Morgan fingerprint density at radius 3 is 2.62 bits per heavy atom. The van der Waals surface area contributed by atoms with Crippen molar-refractivity contribution in [3.05, 3.63) is 30.3 Å². The van der Waals surface area contributed by atoms with E-state index in [9.17, 15) is 5.11 Å². The van der Waals surface area contributed by atoms with Crippen LogP contribution in [0.1, 0.15) is 0 Å². The number of rotatable bonds is 6. The molecule has 0 unspecified atom stereocenters. The van der Waals surface area contributed by atoms with Gasteiger partial charge in [-0.2, -0.15) is 9.36 Å². The lowest BCUT2D eigenvalue weighted by Gasteiger charge is -2.34. The third-order valence-corrected chi connectivity index (χ3v) is 5.15. The van der Waals surface area contributed by atoms with Crippen molar-refractivity contribution in [2.45, 2.75) is 6.10 Å². The van der Waals surface area contributed by atoms with Crippen molar-refractivity contribution in [2.24, 2.45) is 0 Å². The number of β-amino-alcohol motifs (C(OH)–C–C–N with tert-alkyl or cyclic N) is 1. The van der Waals surface area contributed by atoms with E-state index >= 15 is 0 Å². The zero-order valence-electron chi connectivity index (χ0n) is 14.3. The van der Waals surface area contributed by atoms with Crippen LogP contribution < -0.4 is 4.90 Å². The molecule has 0 spiro atoms. The van der Waals surface area contributed by atoms with Crippen LogP contribution in [0.15, 0.2) is 30.3 Å². The highest BCUT2D eigenvalue weighted by Gasteiger charge is 2.19. The fraction of sp³-hybridized carbons (Fsp3) is 0.529. The topological polar surface area (TPSA) is 55.7 Å². The molecule has 2 aromatic rings. The molecule has 1 saturated heterocycles. The van der Waals surface area contributed by atoms with Crippen LogP contribution in [0, 0.1) is 0 Å². The van der Waals surface area contributed by atoms with E-state index in [0.717, 1.165) is 42.7 Å². The van der Waals surface area contributed by atoms with Crippen molar-refractivity contribution < 1.29 is 5.11 Å². The lowest BCUT2D eigenvalue weighted by molar-refractivity contribution is 0.0843. The van der Waals surface area contributed by atoms with Crippen molar-refractivity contribution in [2.75, 3.05) is 58.3 Å². The van der Waals surface area contributed by atoms with E-state index in [1.54, 1.807) is 0 Å². The minimum atomic E-state index is -0.387. The summed E-state index contributed by atoms with van der Waals surface area (Å²) < 4.78 is 4.43. The molecule has 1 N–H and O–H groups in total. The Balaban J connectivity index is 1.53. The zero-order valence-corrected chi connectivity index (χ0v) is 15.1. The molecule has 0 aliphatic carbocycles. The van der Waals surface area contributed by atoms with Gasteiger partial charge >= 0.3 is 0 Å². The summed E-state index contributed by atoms with van der Waals surface area (Å²) in [5.74, 6) is 0.746. The maximum Gasteiger partial charge on any atom is 0.205 e. The predicted molar refractivity (Wildman–Crippen MR) is 98.6 cm³/mol. The first-order valence-electron chi connectivity index (χ1n) is 8.31. The molecule has 7 heteroatoms. The van der Waals surface area contributed by atoms with Gasteiger partial charge in [0.2, 0.25) is 5.13 Å². The molecule has 130 valence electrons. The summed E-state index contributed by atoms with van der Waals surface area (Å²) in [4.78, 5) is 11.2. The lowest BCUT2D eigenvalue weighted by Crippen LogP contribution is -2.48. The Morgan fingerprint density at radius 2 is 1.92 bits per heavy atom. The van der Waals surface area contributed by atoms with E-state index < -0.39 is 0 Å². The first-order valence-corrected chi connectivity index (χ1v) is 9.08. The smallest absolute Gasteiger partial charge is 0.205 e. The van der Waals surface area contributed by atoms with E-state index in [1.807, 2.05) is 42.3 Å². The highest BCUT2D eigenvalue weighted by molar-refractivity contribution is 7.09. The number of aliphatic hydroxyl groups excluding tert-OH is 1. The standard InChI is InChI=1S/C17H25N5OS/c1-20-8-10-22(11-9-20)13-15(23)12-21(2)17-18-16(19-24-17)14-6-4-3-5-7-14/h3-7,15,23H,8-13H2,1-2H3/t15-/m0/s1. The fourth-order valence-corrected chi connectivity index (χ4v) is 3.51. The molecule has 1 fully saturated rings. The Hall–Kier alpha value is -1.54. The van der Waals surface area contributed by atoms with Crippen LogP contribution in [-0.2, 0) is 0 Å². The zero-order chi connectivity index (χ0) is 16.9. The second-order valence-electron chi connectivity index (χ2n) is 6.40. The van der Waals surface area contributed by atoms with E-state index in [4.69, 9.17) is 0 Å². The number of piperazine rings is 1. The maximum absolute atomic E-state index is 10.4. The van der Waals surface area contributed by atoms with Gasteiger partial charge in [0.1, 0.15) is 0 Å². The number of aromatic nitrogens is 2.